The van der Waals surface area contributed by atoms with Gasteiger partial charge >= 0.3 is 5.97 Å². The molecule has 0 spiro atoms. The molecule has 0 radical (unpaired) electrons. The lowest BCUT2D eigenvalue weighted by Crippen LogP contribution is -1.96. The van der Waals surface area contributed by atoms with E-state index in [4.69, 9.17) is 0 Å². The Morgan fingerprint density at radius 3 is 2.88 bits per heavy atom. The monoisotopic (exact) mass is 178 g/mol. The van der Waals surface area contributed by atoms with Crippen LogP contribution in [0.1, 0.15) is 6.92 Å². The molecule has 8 heavy (non-hydrogen) atoms. The molecule has 0 heterocycles. The Bertz CT molecular complexity index is 98.6. The second-order valence-electron chi connectivity index (χ2n) is 1.16. The van der Waals surface area contributed by atoms with Gasteiger partial charge in [-0.1, -0.05) is 15.9 Å². The molecule has 0 saturated heterocycles. The third kappa shape index (κ3) is 5.69. The van der Waals surface area contributed by atoms with E-state index in [1.165, 1.54) is 6.92 Å². The normalized spacial score (nSPS) is 9.75. The van der Waals surface area contributed by atoms with Crippen LogP contribution in [0.3, 0.4) is 0 Å². The summed E-state index contributed by atoms with van der Waals surface area (Å²) < 4.78 is 4.53. The van der Waals surface area contributed by atoms with E-state index < -0.39 is 0 Å². The summed E-state index contributed by atoms with van der Waals surface area (Å²) in [5.74, 6) is -0.254. The number of rotatable bonds is 2. The largest absolute Gasteiger partial charge is 0.462 e. The summed E-state index contributed by atoms with van der Waals surface area (Å²) >= 11 is 3.03. The smallest absolute Gasteiger partial charge is 0.302 e. The molecular weight excluding hydrogens is 172 g/mol. The maximum Gasteiger partial charge on any atom is 0.302 e. The zero-order valence-corrected chi connectivity index (χ0v) is 6.14. The second-order valence-corrected chi connectivity index (χ2v) is 1.69. The zero-order chi connectivity index (χ0) is 6.41. The molecule has 0 N–H and O–H groups in total. The van der Waals surface area contributed by atoms with Crippen molar-refractivity contribution in [1.82, 2.24) is 0 Å². The van der Waals surface area contributed by atoms with Gasteiger partial charge in [0.25, 0.3) is 0 Å². The highest BCUT2D eigenvalue weighted by molar-refractivity contribution is 9.11. The predicted molar refractivity (Wildman–Crippen MR) is 34.7 cm³/mol. The summed E-state index contributed by atoms with van der Waals surface area (Å²) in [6.45, 7) is 1.72. The second kappa shape index (κ2) is 4.84. The standard InChI is InChI=1S/C5H7BrO2/c1-5(7)8-4-2-3-6/h2-3H,4H2,1H3. The van der Waals surface area contributed by atoms with E-state index in [9.17, 15) is 4.79 Å². The van der Waals surface area contributed by atoms with Gasteiger partial charge in [0, 0.05) is 6.92 Å². The van der Waals surface area contributed by atoms with Crippen molar-refractivity contribution in [2.24, 2.45) is 0 Å². The van der Waals surface area contributed by atoms with Crippen LogP contribution < -0.4 is 0 Å². The Hall–Kier alpha value is -0.310. The summed E-state index contributed by atoms with van der Waals surface area (Å²) in [4.78, 5) is 11.7. The van der Waals surface area contributed by atoms with Crippen LogP contribution in [0.2, 0.25) is 0 Å². The SMILES string of the molecule is CC(=O)OCC=CBr. The maximum absolute atomic E-state index is 10.0. The summed E-state index contributed by atoms with van der Waals surface area (Å²) in [6.07, 6.45) is 1.70. The van der Waals surface area contributed by atoms with Gasteiger partial charge in [-0.15, -0.1) is 0 Å². The van der Waals surface area contributed by atoms with E-state index in [0.29, 0.717) is 6.61 Å². The van der Waals surface area contributed by atoms with Crippen LogP contribution in [0, 0.1) is 0 Å². The molecule has 0 bridgehead atoms. The van der Waals surface area contributed by atoms with Crippen molar-refractivity contribution in [3.63, 3.8) is 0 Å². The molecule has 0 aromatic heterocycles. The molecule has 0 aliphatic heterocycles. The molecule has 0 unspecified atom stereocenters. The number of esters is 1. The number of carbonyl (C=O) groups excluding carboxylic acids is 1. The first kappa shape index (κ1) is 7.69. The Morgan fingerprint density at radius 1 is 1.88 bits per heavy atom. The quantitative estimate of drug-likeness (QED) is 0.599. The minimum absolute atomic E-state index is 0.254. The third-order valence-electron chi connectivity index (χ3n) is 0.472. The van der Waals surface area contributed by atoms with E-state index in [0.717, 1.165) is 0 Å². The van der Waals surface area contributed by atoms with Gasteiger partial charge in [-0.25, -0.2) is 0 Å². The molecule has 3 heteroatoms. The van der Waals surface area contributed by atoms with Crippen LogP contribution in [0.4, 0.5) is 0 Å². The molecule has 0 aromatic carbocycles. The highest BCUT2D eigenvalue weighted by atomic mass is 79.9. The molecule has 0 atom stereocenters. The van der Waals surface area contributed by atoms with Crippen LogP contribution in [0.5, 0.6) is 0 Å². The lowest BCUT2D eigenvalue weighted by Gasteiger charge is -1.91. The van der Waals surface area contributed by atoms with E-state index >= 15 is 0 Å². The van der Waals surface area contributed by atoms with E-state index in [-0.39, 0.29) is 5.97 Å². The van der Waals surface area contributed by atoms with Gasteiger partial charge in [0.2, 0.25) is 0 Å². The first-order chi connectivity index (χ1) is 3.77. The Labute approximate surface area is 56.7 Å². The van der Waals surface area contributed by atoms with Gasteiger partial charge in [-0.3, -0.25) is 4.79 Å². The zero-order valence-electron chi connectivity index (χ0n) is 4.56. The highest BCUT2D eigenvalue weighted by Gasteiger charge is 1.84. The molecular formula is C5H7BrO2. The van der Waals surface area contributed by atoms with Crippen LogP contribution in [-0.2, 0) is 9.53 Å². The van der Waals surface area contributed by atoms with Crippen LogP contribution in [0.25, 0.3) is 0 Å². The molecule has 0 aliphatic rings. The first-order valence-corrected chi connectivity index (χ1v) is 3.07. The number of carbonyl (C=O) groups is 1. The van der Waals surface area contributed by atoms with E-state index in [1.54, 1.807) is 11.1 Å². The van der Waals surface area contributed by atoms with Gasteiger partial charge in [0.05, 0.1) is 0 Å². The summed E-state index contributed by atoms with van der Waals surface area (Å²) in [5, 5.41) is 0. The van der Waals surface area contributed by atoms with Crippen molar-refractivity contribution in [2.45, 2.75) is 6.92 Å². The van der Waals surface area contributed by atoms with Gasteiger partial charge < -0.3 is 4.74 Å². The molecule has 0 fully saturated rings. The van der Waals surface area contributed by atoms with Crippen molar-refractivity contribution < 1.29 is 9.53 Å². The van der Waals surface area contributed by atoms with Crippen molar-refractivity contribution in [3.8, 4) is 0 Å². The van der Waals surface area contributed by atoms with Gasteiger partial charge in [0.1, 0.15) is 6.61 Å². The van der Waals surface area contributed by atoms with E-state index in [2.05, 4.69) is 20.7 Å². The number of hydrogen-bond acceptors (Lipinski definition) is 2. The van der Waals surface area contributed by atoms with Crippen LogP contribution in [0.15, 0.2) is 11.1 Å². The number of hydrogen-bond donors (Lipinski definition) is 0. The topological polar surface area (TPSA) is 26.3 Å². The minimum atomic E-state index is -0.254. The third-order valence-corrected chi connectivity index (χ3v) is 0.846. The molecule has 0 aliphatic carbocycles. The molecule has 0 saturated carbocycles. The highest BCUT2D eigenvalue weighted by Crippen LogP contribution is 1.83. The number of ether oxygens (including phenoxy) is 1. The van der Waals surface area contributed by atoms with Crippen molar-refractivity contribution in [1.29, 1.82) is 0 Å². The average molecular weight is 179 g/mol. The fourth-order valence-electron chi connectivity index (χ4n) is 0.202. The molecule has 0 amide bonds. The predicted octanol–water partition coefficient (Wildman–Crippen LogP) is 1.46. The van der Waals surface area contributed by atoms with Gasteiger partial charge in [-0.2, -0.15) is 0 Å². The first-order valence-electron chi connectivity index (χ1n) is 2.16. The van der Waals surface area contributed by atoms with Crippen LogP contribution in [-0.4, -0.2) is 12.6 Å². The summed E-state index contributed by atoms with van der Waals surface area (Å²) in [6, 6.07) is 0. The van der Waals surface area contributed by atoms with Crippen LogP contribution >= 0.6 is 15.9 Å². The lowest BCUT2D eigenvalue weighted by atomic mass is 10.7. The van der Waals surface area contributed by atoms with E-state index in [1.807, 2.05) is 0 Å². The Balaban J connectivity index is 3.05. The Morgan fingerprint density at radius 2 is 2.50 bits per heavy atom. The molecule has 0 aromatic rings. The van der Waals surface area contributed by atoms with Crippen molar-refractivity contribution in [3.05, 3.63) is 11.1 Å². The summed E-state index contributed by atoms with van der Waals surface area (Å²) in [7, 11) is 0. The maximum atomic E-state index is 10.0. The van der Waals surface area contributed by atoms with Gasteiger partial charge in [0.15, 0.2) is 0 Å². The molecule has 46 valence electrons. The van der Waals surface area contributed by atoms with Crippen molar-refractivity contribution in [2.75, 3.05) is 6.61 Å². The molecule has 0 rings (SSSR count). The minimum Gasteiger partial charge on any atom is -0.462 e. The van der Waals surface area contributed by atoms with Crippen molar-refractivity contribution >= 4 is 21.9 Å². The average Bonchev–Trinajstić information content (AvgIpc) is 1.66. The number of halogens is 1. The summed E-state index contributed by atoms with van der Waals surface area (Å²) in [5.41, 5.74) is 0. The van der Waals surface area contributed by atoms with Gasteiger partial charge in [-0.05, 0) is 11.1 Å². The lowest BCUT2D eigenvalue weighted by molar-refractivity contribution is -0.139. The fourth-order valence-corrected chi connectivity index (χ4v) is 0.354. The Kier molecular flexibility index (Phi) is 4.65. The fraction of sp³-hybridized carbons (Fsp3) is 0.400. The molecule has 2 nitrogen and oxygen atoms in total.